The number of thiazole rings is 1. The molecule has 0 unspecified atom stereocenters. The van der Waals surface area contributed by atoms with Crippen LogP contribution in [0.2, 0.25) is 0 Å². The second-order valence-corrected chi connectivity index (χ2v) is 4.45. The summed E-state index contributed by atoms with van der Waals surface area (Å²) in [6.07, 6.45) is 1.60. The molecule has 2 N–H and O–H groups in total. The van der Waals surface area contributed by atoms with Crippen LogP contribution in [-0.2, 0) is 11.3 Å². The lowest BCUT2D eigenvalue weighted by molar-refractivity contribution is 0.0594. The molecule has 0 saturated heterocycles. The Morgan fingerprint density at radius 3 is 3.00 bits per heavy atom. The normalized spacial score (nSPS) is 10.5. The van der Waals surface area contributed by atoms with Crippen molar-refractivity contribution in [1.82, 2.24) is 14.8 Å². The number of nitrogens with two attached hydrogens (primary N) is 1. The van der Waals surface area contributed by atoms with Gasteiger partial charge in [0.2, 0.25) is 0 Å². The van der Waals surface area contributed by atoms with Crippen LogP contribution in [0.5, 0.6) is 0 Å². The highest BCUT2D eigenvalue weighted by molar-refractivity contribution is 7.09. The van der Waals surface area contributed by atoms with Crippen molar-refractivity contribution in [3.8, 4) is 0 Å². The van der Waals surface area contributed by atoms with Gasteiger partial charge in [-0.1, -0.05) is 0 Å². The molecule has 0 saturated carbocycles. The summed E-state index contributed by atoms with van der Waals surface area (Å²) in [7, 11) is 1.30. The Morgan fingerprint density at radius 1 is 1.65 bits per heavy atom. The molecule has 2 heterocycles. The van der Waals surface area contributed by atoms with Crippen LogP contribution in [0.1, 0.15) is 21.2 Å². The van der Waals surface area contributed by atoms with Gasteiger partial charge >= 0.3 is 5.97 Å². The fourth-order valence-electron chi connectivity index (χ4n) is 1.39. The number of hydrogen-bond acceptors (Lipinski definition) is 6. The van der Waals surface area contributed by atoms with Gasteiger partial charge < -0.3 is 10.5 Å². The van der Waals surface area contributed by atoms with E-state index in [0.29, 0.717) is 12.2 Å². The summed E-state index contributed by atoms with van der Waals surface area (Å²) in [5.74, 6) is -0.531. The number of nitrogen functional groups attached to an aromatic ring is 1. The number of carbonyl (C=O) groups excluding carboxylic acids is 1. The summed E-state index contributed by atoms with van der Waals surface area (Å²) in [5.41, 5.74) is 7.10. The third kappa shape index (κ3) is 2.44. The van der Waals surface area contributed by atoms with Gasteiger partial charge in [-0.05, 0) is 6.92 Å². The van der Waals surface area contributed by atoms with Gasteiger partial charge in [0.15, 0.2) is 5.69 Å². The number of carbonyl (C=O) groups is 1. The molecule has 0 radical (unpaired) electrons. The summed E-state index contributed by atoms with van der Waals surface area (Å²) in [4.78, 5) is 15.6. The first-order valence-electron chi connectivity index (χ1n) is 4.92. The van der Waals surface area contributed by atoms with Crippen LogP contribution < -0.4 is 5.73 Å². The molecular weight excluding hydrogens is 240 g/mol. The number of rotatable bonds is 3. The highest BCUT2D eigenvalue weighted by Gasteiger charge is 2.15. The minimum atomic E-state index is -0.531. The van der Waals surface area contributed by atoms with Crippen molar-refractivity contribution >= 4 is 23.0 Å². The number of methoxy groups -OCH3 is 1. The molecule has 0 aromatic carbocycles. The average molecular weight is 252 g/mol. The van der Waals surface area contributed by atoms with Gasteiger partial charge in [-0.3, -0.25) is 4.68 Å². The first kappa shape index (κ1) is 11.6. The second kappa shape index (κ2) is 4.54. The maximum absolute atomic E-state index is 11.3. The van der Waals surface area contributed by atoms with Crippen LogP contribution >= 0.6 is 11.3 Å². The van der Waals surface area contributed by atoms with Crippen molar-refractivity contribution in [3.05, 3.63) is 28.0 Å². The van der Waals surface area contributed by atoms with Gasteiger partial charge in [0.25, 0.3) is 0 Å². The lowest BCUT2D eigenvalue weighted by Crippen LogP contribution is -2.07. The Hall–Kier alpha value is -1.89. The molecule has 2 aromatic heterocycles. The Labute approximate surface area is 102 Å². The van der Waals surface area contributed by atoms with Crippen molar-refractivity contribution in [1.29, 1.82) is 0 Å². The zero-order chi connectivity index (χ0) is 12.4. The molecule has 0 bridgehead atoms. The minimum Gasteiger partial charge on any atom is -0.464 e. The van der Waals surface area contributed by atoms with Crippen LogP contribution in [0.25, 0.3) is 0 Å². The zero-order valence-electron chi connectivity index (χ0n) is 9.51. The largest absolute Gasteiger partial charge is 0.464 e. The second-order valence-electron chi connectivity index (χ2n) is 3.50. The molecule has 0 amide bonds. The first-order chi connectivity index (χ1) is 8.10. The van der Waals surface area contributed by atoms with Crippen LogP contribution in [0.4, 0.5) is 5.69 Å². The topological polar surface area (TPSA) is 83.0 Å². The van der Waals surface area contributed by atoms with Crippen LogP contribution in [-0.4, -0.2) is 27.8 Å². The van der Waals surface area contributed by atoms with E-state index in [0.717, 1.165) is 10.7 Å². The number of hydrogen-bond donors (Lipinski definition) is 1. The van der Waals surface area contributed by atoms with Crippen molar-refractivity contribution in [2.45, 2.75) is 13.5 Å². The monoisotopic (exact) mass is 252 g/mol. The van der Waals surface area contributed by atoms with E-state index in [2.05, 4.69) is 14.8 Å². The van der Waals surface area contributed by atoms with E-state index in [-0.39, 0.29) is 5.69 Å². The molecule has 0 aliphatic carbocycles. The van der Waals surface area contributed by atoms with Crippen molar-refractivity contribution in [2.24, 2.45) is 0 Å². The summed E-state index contributed by atoms with van der Waals surface area (Å²) < 4.78 is 6.16. The molecular formula is C10H12N4O2S. The smallest absolute Gasteiger partial charge is 0.360 e. The SMILES string of the molecule is COC(=O)c1nn(Cc2nc(C)cs2)cc1N. The van der Waals surface area contributed by atoms with E-state index in [1.165, 1.54) is 7.11 Å². The summed E-state index contributed by atoms with van der Waals surface area (Å²) >= 11 is 1.54. The summed E-state index contributed by atoms with van der Waals surface area (Å²) in [5, 5.41) is 6.95. The Kier molecular flexibility index (Phi) is 3.10. The number of ether oxygens (including phenoxy) is 1. The van der Waals surface area contributed by atoms with Crippen molar-refractivity contribution in [2.75, 3.05) is 12.8 Å². The van der Waals surface area contributed by atoms with E-state index in [9.17, 15) is 4.79 Å². The highest BCUT2D eigenvalue weighted by atomic mass is 32.1. The lowest BCUT2D eigenvalue weighted by Gasteiger charge is -1.96. The molecule has 17 heavy (non-hydrogen) atoms. The molecule has 0 atom stereocenters. The molecule has 6 nitrogen and oxygen atoms in total. The quantitative estimate of drug-likeness (QED) is 0.826. The molecule has 90 valence electrons. The minimum absolute atomic E-state index is 0.140. The standard InChI is InChI=1S/C10H12N4O2S/c1-6-5-17-8(12-6)4-14-3-7(11)9(13-14)10(15)16-2/h3,5H,4,11H2,1-2H3. The molecule has 2 rings (SSSR count). The molecule has 0 spiro atoms. The lowest BCUT2D eigenvalue weighted by atomic mass is 10.4. The maximum Gasteiger partial charge on any atom is 0.360 e. The zero-order valence-corrected chi connectivity index (χ0v) is 10.3. The third-order valence-corrected chi connectivity index (χ3v) is 3.08. The highest BCUT2D eigenvalue weighted by Crippen LogP contribution is 2.14. The fourth-order valence-corrected chi connectivity index (χ4v) is 2.15. The van der Waals surface area contributed by atoms with E-state index >= 15 is 0 Å². The Bertz CT molecular complexity index is 546. The van der Waals surface area contributed by atoms with Crippen molar-refractivity contribution in [3.63, 3.8) is 0 Å². The predicted molar refractivity (Wildman–Crippen MR) is 63.9 cm³/mol. The van der Waals surface area contributed by atoms with Gasteiger partial charge in [-0.25, -0.2) is 9.78 Å². The van der Waals surface area contributed by atoms with E-state index in [4.69, 9.17) is 5.73 Å². The van der Waals surface area contributed by atoms with Gasteiger partial charge in [0.1, 0.15) is 5.01 Å². The first-order valence-corrected chi connectivity index (χ1v) is 5.80. The molecule has 0 fully saturated rings. The van der Waals surface area contributed by atoms with E-state index in [1.807, 2.05) is 12.3 Å². The number of nitrogens with zero attached hydrogens (tertiary/aromatic N) is 3. The Balaban J connectivity index is 2.20. The van der Waals surface area contributed by atoms with Crippen molar-refractivity contribution < 1.29 is 9.53 Å². The van der Waals surface area contributed by atoms with Gasteiger partial charge in [0, 0.05) is 17.3 Å². The summed E-state index contributed by atoms with van der Waals surface area (Å²) in [6, 6.07) is 0. The van der Waals surface area contributed by atoms with Crippen LogP contribution in [0.3, 0.4) is 0 Å². The number of aromatic nitrogens is 3. The van der Waals surface area contributed by atoms with Gasteiger partial charge in [-0.2, -0.15) is 5.10 Å². The molecule has 0 aliphatic rings. The summed E-state index contributed by atoms with van der Waals surface area (Å²) in [6.45, 7) is 2.43. The van der Waals surface area contributed by atoms with E-state index < -0.39 is 5.97 Å². The van der Waals surface area contributed by atoms with Crippen LogP contribution in [0.15, 0.2) is 11.6 Å². The number of esters is 1. The molecule has 0 aliphatic heterocycles. The third-order valence-electron chi connectivity index (χ3n) is 2.13. The number of aryl methyl sites for hydroxylation is 1. The Morgan fingerprint density at radius 2 is 2.41 bits per heavy atom. The fraction of sp³-hybridized carbons (Fsp3) is 0.300. The average Bonchev–Trinajstić information content (AvgIpc) is 2.85. The van der Waals surface area contributed by atoms with E-state index in [1.54, 1.807) is 22.2 Å². The number of anilines is 1. The van der Waals surface area contributed by atoms with Crippen LogP contribution in [0, 0.1) is 6.92 Å². The molecule has 7 heteroatoms. The van der Waals surface area contributed by atoms with Gasteiger partial charge in [-0.15, -0.1) is 11.3 Å². The van der Waals surface area contributed by atoms with Gasteiger partial charge in [0.05, 0.1) is 19.3 Å². The maximum atomic E-state index is 11.3. The predicted octanol–water partition coefficient (Wildman–Crippen LogP) is 1.07. The molecule has 2 aromatic rings.